The van der Waals surface area contributed by atoms with Crippen LogP contribution < -0.4 is 5.32 Å². The van der Waals surface area contributed by atoms with Gasteiger partial charge in [0.05, 0.1) is 0 Å². The first-order valence-electron chi connectivity index (χ1n) is 6.63. The molecule has 21 heavy (non-hydrogen) atoms. The maximum absolute atomic E-state index is 12.7. The number of nitrogens with one attached hydrogen (secondary N) is 1. The number of carbonyl (C=O) groups is 1. The van der Waals surface area contributed by atoms with E-state index in [0.717, 1.165) is 11.3 Å². The minimum Gasteiger partial charge on any atom is -0.354 e. The van der Waals surface area contributed by atoms with Gasteiger partial charge in [0.15, 0.2) is 9.84 Å². The van der Waals surface area contributed by atoms with Crippen LogP contribution in [0.15, 0.2) is 39.2 Å². The molecule has 4 nitrogen and oxygen atoms in total. The highest BCUT2D eigenvalue weighted by molar-refractivity contribution is 7.93. The van der Waals surface area contributed by atoms with E-state index < -0.39 is 15.1 Å². The molecule has 0 aliphatic carbocycles. The predicted octanol–water partition coefficient (Wildman–Crippen LogP) is 3.24. The second kappa shape index (κ2) is 7.20. The molecule has 2 heterocycles. The van der Waals surface area contributed by atoms with Crippen LogP contribution in [0.25, 0.3) is 0 Å². The van der Waals surface area contributed by atoms with E-state index in [1.165, 1.54) is 22.7 Å². The molecule has 0 aliphatic rings. The Hall–Kier alpha value is -1.18. The summed E-state index contributed by atoms with van der Waals surface area (Å²) < 4.78 is 25.8. The van der Waals surface area contributed by atoms with Crippen molar-refractivity contribution in [3.05, 3.63) is 39.9 Å². The van der Waals surface area contributed by atoms with E-state index in [2.05, 4.69) is 5.32 Å². The van der Waals surface area contributed by atoms with Crippen molar-refractivity contribution < 1.29 is 13.2 Å². The topological polar surface area (TPSA) is 63.2 Å². The molecular weight excluding hydrogens is 326 g/mol. The zero-order valence-corrected chi connectivity index (χ0v) is 14.1. The van der Waals surface area contributed by atoms with Crippen molar-refractivity contribution in [2.45, 2.75) is 29.2 Å². The van der Waals surface area contributed by atoms with Gasteiger partial charge in [-0.05, 0) is 29.3 Å². The first kappa shape index (κ1) is 16.2. The summed E-state index contributed by atoms with van der Waals surface area (Å²) in [6.45, 7) is 2.03. The highest BCUT2D eigenvalue weighted by Gasteiger charge is 2.31. The van der Waals surface area contributed by atoms with E-state index in [-0.39, 0.29) is 12.5 Å². The van der Waals surface area contributed by atoms with Crippen molar-refractivity contribution in [1.29, 1.82) is 0 Å². The molecular formula is C14H17NO3S3. The maximum Gasteiger partial charge on any atom is 0.220 e. The second-order valence-corrected chi connectivity index (χ2v) is 8.82. The third-order valence-electron chi connectivity index (χ3n) is 2.97. The molecule has 0 fully saturated rings. The highest BCUT2D eigenvalue weighted by Crippen LogP contribution is 2.33. The van der Waals surface area contributed by atoms with Gasteiger partial charge < -0.3 is 5.32 Å². The molecule has 0 saturated heterocycles. The first-order chi connectivity index (χ1) is 10.1. The summed E-state index contributed by atoms with van der Waals surface area (Å²) in [6, 6.07) is 6.95. The van der Waals surface area contributed by atoms with Crippen LogP contribution in [0.4, 0.5) is 0 Å². The highest BCUT2D eigenvalue weighted by atomic mass is 32.2. The van der Waals surface area contributed by atoms with Gasteiger partial charge in [-0.1, -0.05) is 19.1 Å². The predicted molar refractivity (Wildman–Crippen MR) is 86.5 cm³/mol. The number of hydrogen-bond acceptors (Lipinski definition) is 5. The van der Waals surface area contributed by atoms with Gasteiger partial charge >= 0.3 is 0 Å². The average molecular weight is 343 g/mol. The molecule has 1 atom stereocenters. The molecule has 114 valence electrons. The van der Waals surface area contributed by atoms with E-state index >= 15 is 0 Å². The Morgan fingerprint density at radius 2 is 1.95 bits per heavy atom. The minimum atomic E-state index is -3.48. The van der Waals surface area contributed by atoms with Gasteiger partial charge in [0.1, 0.15) is 9.46 Å². The molecule has 0 bridgehead atoms. The number of thiophene rings is 2. The van der Waals surface area contributed by atoms with Crippen molar-refractivity contribution in [2.24, 2.45) is 0 Å². The standard InChI is InChI=1S/C14H17NO3S3/c1-2-5-13(16)15-10-12(11-6-3-8-19-11)21(17,18)14-7-4-9-20-14/h3-4,6-9,12H,2,5,10H2,1H3,(H,15,16)/t12-/m0/s1. The molecule has 7 heteroatoms. The molecule has 1 amide bonds. The quantitative estimate of drug-likeness (QED) is 0.839. The van der Waals surface area contributed by atoms with Gasteiger partial charge in [-0.25, -0.2) is 8.42 Å². The van der Waals surface area contributed by atoms with Crippen molar-refractivity contribution >= 4 is 38.4 Å². The molecule has 2 aromatic rings. The summed E-state index contributed by atoms with van der Waals surface area (Å²) in [7, 11) is -3.48. The Bertz CT molecular complexity index is 660. The van der Waals surface area contributed by atoms with Crippen LogP contribution >= 0.6 is 22.7 Å². The lowest BCUT2D eigenvalue weighted by atomic mass is 10.3. The fraction of sp³-hybridized carbons (Fsp3) is 0.357. The maximum atomic E-state index is 12.7. The second-order valence-electron chi connectivity index (χ2n) is 4.54. The van der Waals surface area contributed by atoms with Gasteiger partial charge in [-0.3, -0.25) is 4.79 Å². The summed E-state index contributed by atoms with van der Waals surface area (Å²) in [5.74, 6) is -0.111. The van der Waals surface area contributed by atoms with Crippen LogP contribution in [0.5, 0.6) is 0 Å². The summed E-state index contributed by atoms with van der Waals surface area (Å²) in [6.07, 6.45) is 1.16. The van der Waals surface area contributed by atoms with Crippen LogP contribution in [0.1, 0.15) is 29.9 Å². The Morgan fingerprint density at radius 3 is 2.52 bits per heavy atom. The first-order valence-corrected chi connectivity index (χ1v) is 9.93. The Kier molecular flexibility index (Phi) is 5.55. The molecule has 1 N–H and O–H groups in total. The number of rotatable bonds is 7. The van der Waals surface area contributed by atoms with Crippen molar-refractivity contribution in [3.8, 4) is 0 Å². The lowest BCUT2D eigenvalue weighted by Crippen LogP contribution is -2.31. The smallest absolute Gasteiger partial charge is 0.220 e. The zero-order chi connectivity index (χ0) is 15.3. The molecule has 0 aliphatic heterocycles. The lowest BCUT2D eigenvalue weighted by Gasteiger charge is -2.16. The molecule has 0 spiro atoms. The van der Waals surface area contributed by atoms with Crippen LogP contribution in [-0.4, -0.2) is 20.9 Å². The van der Waals surface area contributed by atoms with E-state index in [1.54, 1.807) is 23.6 Å². The summed E-state index contributed by atoms with van der Waals surface area (Å²) in [4.78, 5) is 12.4. The van der Waals surface area contributed by atoms with Crippen LogP contribution in [0, 0.1) is 0 Å². The Morgan fingerprint density at radius 1 is 1.24 bits per heavy atom. The summed E-state index contributed by atoms with van der Waals surface area (Å²) in [5, 5.41) is 5.60. The SMILES string of the molecule is CCCC(=O)NC[C@@H](c1cccs1)S(=O)(=O)c1cccs1. The number of hydrogen-bond donors (Lipinski definition) is 1. The van der Waals surface area contributed by atoms with Crippen molar-refractivity contribution in [2.75, 3.05) is 6.54 Å². The molecule has 2 rings (SSSR count). The molecule has 0 radical (unpaired) electrons. The summed E-state index contributed by atoms with van der Waals surface area (Å²) in [5.41, 5.74) is 0. The van der Waals surface area contributed by atoms with E-state index in [9.17, 15) is 13.2 Å². The van der Waals surface area contributed by atoms with Gasteiger partial charge in [0.25, 0.3) is 0 Å². The third-order valence-corrected chi connectivity index (χ3v) is 7.62. The molecule has 0 saturated carbocycles. The van der Waals surface area contributed by atoms with Crippen LogP contribution in [0.3, 0.4) is 0 Å². The van der Waals surface area contributed by atoms with Crippen LogP contribution in [0.2, 0.25) is 0 Å². The lowest BCUT2D eigenvalue weighted by molar-refractivity contribution is -0.121. The Labute approximate surface area is 132 Å². The largest absolute Gasteiger partial charge is 0.354 e. The van der Waals surface area contributed by atoms with Crippen molar-refractivity contribution in [1.82, 2.24) is 5.32 Å². The third kappa shape index (κ3) is 3.93. The molecule has 0 unspecified atom stereocenters. The van der Waals surface area contributed by atoms with E-state index in [4.69, 9.17) is 0 Å². The van der Waals surface area contributed by atoms with E-state index in [0.29, 0.717) is 10.6 Å². The molecule has 0 aromatic carbocycles. The van der Waals surface area contributed by atoms with Gasteiger partial charge in [-0.15, -0.1) is 22.7 Å². The van der Waals surface area contributed by atoms with Gasteiger partial charge in [-0.2, -0.15) is 0 Å². The van der Waals surface area contributed by atoms with E-state index in [1.807, 2.05) is 18.4 Å². The fourth-order valence-electron chi connectivity index (χ4n) is 1.93. The number of sulfone groups is 1. The minimum absolute atomic E-state index is 0.111. The fourth-order valence-corrected chi connectivity index (χ4v) is 5.91. The van der Waals surface area contributed by atoms with Gasteiger partial charge in [0, 0.05) is 17.8 Å². The average Bonchev–Trinajstić information content (AvgIpc) is 3.12. The monoisotopic (exact) mass is 343 g/mol. The Balaban J connectivity index is 2.23. The number of amides is 1. The number of carbonyl (C=O) groups excluding carboxylic acids is 1. The summed E-state index contributed by atoms with van der Waals surface area (Å²) >= 11 is 2.60. The van der Waals surface area contributed by atoms with Crippen LogP contribution in [-0.2, 0) is 14.6 Å². The van der Waals surface area contributed by atoms with Crippen molar-refractivity contribution in [3.63, 3.8) is 0 Å². The van der Waals surface area contributed by atoms with Gasteiger partial charge in [0.2, 0.25) is 5.91 Å². The normalized spacial score (nSPS) is 13.0. The zero-order valence-electron chi connectivity index (χ0n) is 11.6. The molecule has 2 aromatic heterocycles.